The molecule has 15 heavy (non-hydrogen) atoms. The topological polar surface area (TPSA) is 80.9 Å². The molecule has 1 atom stereocenters. The van der Waals surface area contributed by atoms with Crippen molar-refractivity contribution < 1.29 is 9.90 Å². The van der Waals surface area contributed by atoms with Crippen molar-refractivity contribution in [2.24, 2.45) is 5.92 Å². The number of tetrazole rings is 1. The van der Waals surface area contributed by atoms with Gasteiger partial charge in [-0.2, -0.15) is 0 Å². The molecule has 1 N–H and O–H groups in total. The van der Waals surface area contributed by atoms with E-state index in [2.05, 4.69) is 15.5 Å². The van der Waals surface area contributed by atoms with E-state index in [-0.39, 0.29) is 5.92 Å². The van der Waals surface area contributed by atoms with Crippen LogP contribution in [-0.4, -0.2) is 31.3 Å². The number of carboxylic acid groups (broad SMARTS) is 1. The number of aryl methyl sites for hydroxylation is 1. The van der Waals surface area contributed by atoms with Gasteiger partial charge in [-0.3, -0.25) is 4.79 Å². The molecule has 0 aliphatic heterocycles. The second-order valence-electron chi connectivity index (χ2n) is 4.06. The van der Waals surface area contributed by atoms with Gasteiger partial charge in [0.1, 0.15) is 0 Å². The Morgan fingerprint density at radius 3 is 3.00 bits per heavy atom. The van der Waals surface area contributed by atoms with Crippen LogP contribution in [-0.2, 0) is 11.3 Å². The molecule has 1 aliphatic rings. The molecule has 6 heteroatoms. The van der Waals surface area contributed by atoms with Crippen LogP contribution in [0.3, 0.4) is 0 Å². The highest BCUT2D eigenvalue weighted by atomic mass is 16.4. The van der Waals surface area contributed by atoms with Gasteiger partial charge in [-0.05, 0) is 29.7 Å². The third-order valence-corrected chi connectivity index (χ3v) is 2.70. The van der Waals surface area contributed by atoms with E-state index in [0.717, 1.165) is 18.7 Å². The van der Waals surface area contributed by atoms with Crippen molar-refractivity contribution in [2.75, 3.05) is 0 Å². The molecule has 0 radical (unpaired) electrons. The van der Waals surface area contributed by atoms with E-state index in [9.17, 15) is 4.79 Å². The summed E-state index contributed by atoms with van der Waals surface area (Å²) in [6.45, 7) is 2.29. The lowest BCUT2D eigenvalue weighted by molar-refractivity contribution is -0.141. The first kappa shape index (κ1) is 10.1. The number of hydrogen-bond donors (Lipinski definition) is 1. The Bertz CT molecular complexity index is 359. The zero-order valence-corrected chi connectivity index (χ0v) is 8.63. The molecule has 0 bridgehead atoms. The normalized spacial score (nSPS) is 17.7. The van der Waals surface area contributed by atoms with Crippen LogP contribution < -0.4 is 0 Å². The van der Waals surface area contributed by atoms with E-state index in [1.54, 1.807) is 11.6 Å². The average molecular weight is 210 g/mol. The smallest absolute Gasteiger partial charge is 0.306 e. The molecule has 2 rings (SSSR count). The Morgan fingerprint density at radius 1 is 1.67 bits per heavy atom. The molecule has 0 saturated heterocycles. The van der Waals surface area contributed by atoms with Gasteiger partial charge in [0.15, 0.2) is 5.82 Å². The zero-order chi connectivity index (χ0) is 10.8. The fourth-order valence-corrected chi connectivity index (χ4v) is 1.44. The summed E-state index contributed by atoms with van der Waals surface area (Å²) in [6.07, 6.45) is 2.86. The lowest BCUT2D eigenvalue weighted by Crippen LogP contribution is -2.14. The molecular formula is C9H14N4O2. The number of aliphatic carboxylic acids is 1. The maximum Gasteiger partial charge on any atom is 0.306 e. The minimum absolute atomic E-state index is 0.346. The van der Waals surface area contributed by atoms with Crippen LogP contribution in [0.1, 0.15) is 37.9 Å². The molecule has 1 heterocycles. The molecule has 1 fully saturated rings. The average Bonchev–Trinajstić information content (AvgIpc) is 2.94. The number of rotatable bonds is 5. The minimum atomic E-state index is -0.768. The molecule has 0 aromatic carbocycles. The van der Waals surface area contributed by atoms with Crippen molar-refractivity contribution in [3.05, 3.63) is 5.82 Å². The van der Waals surface area contributed by atoms with Crippen molar-refractivity contribution in [1.29, 1.82) is 0 Å². The first-order valence-corrected chi connectivity index (χ1v) is 5.17. The molecule has 1 aliphatic carbocycles. The van der Waals surface area contributed by atoms with Crippen LogP contribution in [0.15, 0.2) is 0 Å². The fourth-order valence-electron chi connectivity index (χ4n) is 1.44. The van der Waals surface area contributed by atoms with E-state index in [0.29, 0.717) is 18.9 Å². The van der Waals surface area contributed by atoms with Gasteiger partial charge in [0.2, 0.25) is 0 Å². The van der Waals surface area contributed by atoms with Crippen LogP contribution in [0, 0.1) is 5.92 Å². The molecule has 0 spiro atoms. The highest BCUT2D eigenvalue weighted by Crippen LogP contribution is 2.38. The Labute approximate surface area is 87.3 Å². The van der Waals surface area contributed by atoms with Crippen LogP contribution in [0.5, 0.6) is 0 Å². The number of hydrogen-bond acceptors (Lipinski definition) is 4. The van der Waals surface area contributed by atoms with Crippen LogP contribution in [0.2, 0.25) is 0 Å². The quantitative estimate of drug-likeness (QED) is 0.772. The van der Waals surface area contributed by atoms with E-state index in [1.807, 2.05) is 0 Å². The van der Waals surface area contributed by atoms with Gasteiger partial charge in [-0.15, -0.1) is 5.10 Å². The minimum Gasteiger partial charge on any atom is -0.481 e. The van der Waals surface area contributed by atoms with Gasteiger partial charge >= 0.3 is 5.97 Å². The maximum absolute atomic E-state index is 10.6. The number of aromatic nitrogens is 4. The van der Waals surface area contributed by atoms with E-state index in [4.69, 9.17) is 5.11 Å². The van der Waals surface area contributed by atoms with Crippen LogP contribution in [0.4, 0.5) is 0 Å². The summed E-state index contributed by atoms with van der Waals surface area (Å²) >= 11 is 0. The Hall–Kier alpha value is -1.46. The standard InChI is InChI=1S/C9H14N4O2/c1-6(9(14)15)4-5-13-8(7-2-3-7)10-11-12-13/h6-7H,2-5H2,1H3,(H,14,15). The summed E-state index contributed by atoms with van der Waals surface area (Å²) in [7, 11) is 0. The molecule has 1 aromatic heterocycles. The second-order valence-corrected chi connectivity index (χ2v) is 4.06. The summed E-state index contributed by atoms with van der Waals surface area (Å²) in [5.41, 5.74) is 0. The van der Waals surface area contributed by atoms with Gasteiger partial charge in [0.05, 0.1) is 5.92 Å². The highest BCUT2D eigenvalue weighted by molar-refractivity contribution is 5.69. The SMILES string of the molecule is CC(CCn1nnnc1C1CC1)C(=O)O. The van der Waals surface area contributed by atoms with Gasteiger partial charge in [-0.25, -0.2) is 4.68 Å². The van der Waals surface area contributed by atoms with E-state index in [1.165, 1.54) is 0 Å². The predicted octanol–water partition coefficient (Wildman–Crippen LogP) is 0.661. The van der Waals surface area contributed by atoms with Crippen molar-refractivity contribution in [3.8, 4) is 0 Å². The first-order valence-electron chi connectivity index (χ1n) is 5.17. The summed E-state index contributed by atoms with van der Waals surface area (Å²) < 4.78 is 1.73. The Morgan fingerprint density at radius 2 is 2.40 bits per heavy atom. The largest absolute Gasteiger partial charge is 0.481 e. The van der Waals surface area contributed by atoms with Crippen LogP contribution in [0.25, 0.3) is 0 Å². The summed E-state index contributed by atoms with van der Waals surface area (Å²) in [5.74, 6) is 0.296. The fraction of sp³-hybridized carbons (Fsp3) is 0.778. The Balaban J connectivity index is 1.92. The van der Waals surface area contributed by atoms with E-state index < -0.39 is 5.97 Å². The zero-order valence-electron chi connectivity index (χ0n) is 8.63. The number of nitrogens with zero attached hydrogens (tertiary/aromatic N) is 4. The molecule has 1 unspecified atom stereocenters. The molecular weight excluding hydrogens is 196 g/mol. The highest BCUT2D eigenvalue weighted by Gasteiger charge is 2.29. The Kier molecular flexibility index (Phi) is 2.66. The first-order chi connectivity index (χ1) is 7.18. The van der Waals surface area contributed by atoms with Crippen molar-refractivity contribution >= 4 is 5.97 Å². The van der Waals surface area contributed by atoms with Crippen molar-refractivity contribution in [3.63, 3.8) is 0 Å². The lowest BCUT2D eigenvalue weighted by Gasteiger charge is -2.06. The predicted molar refractivity (Wildman–Crippen MR) is 51.2 cm³/mol. The van der Waals surface area contributed by atoms with E-state index >= 15 is 0 Å². The molecule has 0 amide bonds. The van der Waals surface area contributed by atoms with Crippen molar-refractivity contribution in [1.82, 2.24) is 20.2 Å². The molecule has 82 valence electrons. The lowest BCUT2D eigenvalue weighted by atomic mass is 10.1. The number of carbonyl (C=O) groups is 1. The molecule has 6 nitrogen and oxygen atoms in total. The second kappa shape index (κ2) is 3.96. The summed E-state index contributed by atoms with van der Waals surface area (Å²) in [4.78, 5) is 10.6. The molecule has 1 aromatic rings. The third-order valence-electron chi connectivity index (χ3n) is 2.70. The van der Waals surface area contributed by atoms with Gasteiger partial charge in [-0.1, -0.05) is 6.92 Å². The monoisotopic (exact) mass is 210 g/mol. The van der Waals surface area contributed by atoms with Crippen LogP contribution >= 0.6 is 0 Å². The number of carboxylic acids is 1. The van der Waals surface area contributed by atoms with Crippen molar-refractivity contribution in [2.45, 2.75) is 38.6 Å². The summed E-state index contributed by atoms with van der Waals surface area (Å²) in [6, 6.07) is 0. The maximum atomic E-state index is 10.6. The molecule has 1 saturated carbocycles. The summed E-state index contributed by atoms with van der Waals surface area (Å²) in [5, 5.41) is 20.2. The third kappa shape index (κ3) is 2.31. The van der Waals surface area contributed by atoms with Gasteiger partial charge in [0.25, 0.3) is 0 Å². The van der Waals surface area contributed by atoms with Gasteiger partial charge < -0.3 is 5.11 Å². The van der Waals surface area contributed by atoms with Gasteiger partial charge in [0, 0.05) is 12.5 Å².